The van der Waals surface area contributed by atoms with Gasteiger partial charge in [0.2, 0.25) is 6.79 Å². The van der Waals surface area contributed by atoms with Gasteiger partial charge in [-0.2, -0.15) is 5.10 Å². The number of para-hydroxylation sites is 1. The second kappa shape index (κ2) is 9.10. The van der Waals surface area contributed by atoms with Gasteiger partial charge in [0.15, 0.2) is 23.9 Å². The highest BCUT2D eigenvalue weighted by Gasteiger charge is 2.24. The van der Waals surface area contributed by atoms with E-state index in [9.17, 15) is 4.79 Å². The average Bonchev–Trinajstić information content (AvgIpc) is 3.48. The number of fused-ring (bicyclic) bond motifs is 1. The van der Waals surface area contributed by atoms with E-state index in [-0.39, 0.29) is 19.4 Å². The molecule has 8 nitrogen and oxygen atoms in total. The minimum absolute atomic E-state index is 0.0655. The van der Waals surface area contributed by atoms with Gasteiger partial charge in [-0.3, -0.25) is 9.69 Å². The van der Waals surface area contributed by atoms with E-state index in [2.05, 4.69) is 16.1 Å². The lowest BCUT2D eigenvalue weighted by Crippen LogP contribution is -2.48. The fourth-order valence-electron chi connectivity index (χ4n) is 3.81. The topological polar surface area (TPSA) is 69.1 Å². The Hall–Kier alpha value is -3.23. The number of hydrogen-bond donors (Lipinski definition) is 0. The van der Waals surface area contributed by atoms with Gasteiger partial charge in [-0.1, -0.05) is 29.8 Å². The highest BCUT2D eigenvalue weighted by atomic mass is 35.5. The standard InChI is InChI=1S/C23H23ClN4O4/c24-18-3-1-2-4-20(18)30-15-28-8-7-19(25-28)23(29)27-11-9-26(10-12-27)14-17-5-6-21-22(13-17)32-16-31-21/h1-8,13H,9-12,14-16H2. The zero-order valence-corrected chi connectivity index (χ0v) is 18.2. The van der Waals surface area contributed by atoms with Crippen LogP contribution < -0.4 is 14.2 Å². The average molecular weight is 455 g/mol. The number of benzene rings is 2. The summed E-state index contributed by atoms with van der Waals surface area (Å²) in [5, 5.41) is 4.90. The predicted octanol–water partition coefficient (Wildman–Crippen LogP) is 3.26. The molecule has 0 atom stereocenters. The van der Waals surface area contributed by atoms with Crippen LogP contribution in [0.2, 0.25) is 5.02 Å². The van der Waals surface area contributed by atoms with Gasteiger partial charge in [0.1, 0.15) is 5.75 Å². The molecule has 1 saturated heterocycles. The van der Waals surface area contributed by atoms with E-state index in [1.54, 1.807) is 29.1 Å². The lowest BCUT2D eigenvalue weighted by Gasteiger charge is -2.34. The largest absolute Gasteiger partial charge is 0.470 e. The van der Waals surface area contributed by atoms with Gasteiger partial charge in [0, 0.05) is 38.9 Å². The highest BCUT2D eigenvalue weighted by molar-refractivity contribution is 6.32. The Labute approximate surface area is 190 Å². The summed E-state index contributed by atoms with van der Waals surface area (Å²) in [4.78, 5) is 17.0. The maximum absolute atomic E-state index is 12.9. The van der Waals surface area contributed by atoms with Crippen LogP contribution in [0.15, 0.2) is 54.7 Å². The lowest BCUT2D eigenvalue weighted by molar-refractivity contribution is 0.0621. The molecule has 5 rings (SSSR count). The molecule has 1 fully saturated rings. The van der Waals surface area contributed by atoms with Crippen LogP contribution in [0.3, 0.4) is 0 Å². The molecule has 2 aliphatic heterocycles. The summed E-state index contributed by atoms with van der Waals surface area (Å²) in [6, 6.07) is 15.0. The fourth-order valence-corrected chi connectivity index (χ4v) is 4.00. The van der Waals surface area contributed by atoms with E-state index in [0.29, 0.717) is 29.6 Å². The third-order valence-electron chi connectivity index (χ3n) is 5.55. The normalized spacial score (nSPS) is 15.7. The number of piperazine rings is 1. The van der Waals surface area contributed by atoms with Crippen molar-refractivity contribution < 1.29 is 19.0 Å². The SMILES string of the molecule is O=C(c1ccn(COc2ccccc2Cl)n1)N1CCN(Cc2ccc3c(c2)OCO3)CC1. The van der Waals surface area contributed by atoms with Crippen molar-refractivity contribution in [1.29, 1.82) is 0 Å². The van der Waals surface area contributed by atoms with E-state index >= 15 is 0 Å². The minimum Gasteiger partial charge on any atom is -0.470 e. The van der Waals surface area contributed by atoms with Crippen molar-refractivity contribution in [2.75, 3.05) is 33.0 Å². The van der Waals surface area contributed by atoms with Crippen LogP contribution in [0.4, 0.5) is 0 Å². The Morgan fingerprint density at radius 2 is 1.84 bits per heavy atom. The summed E-state index contributed by atoms with van der Waals surface area (Å²) in [6.45, 7) is 4.19. The molecule has 1 amide bonds. The third-order valence-corrected chi connectivity index (χ3v) is 5.86. The van der Waals surface area contributed by atoms with Crippen LogP contribution in [0.25, 0.3) is 0 Å². The lowest BCUT2D eigenvalue weighted by atomic mass is 10.1. The van der Waals surface area contributed by atoms with Gasteiger partial charge in [0.05, 0.1) is 5.02 Å². The monoisotopic (exact) mass is 454 g/mol. The van der Waals surface area contributed by atoms with Crippen molar-refractivity contribution in [3.63, 3.8) is 0 Å². The van der Waals surface area contributed by atoms with Crippen molar-refractivity contribution in [2.45, 2.75) is 13.3 Å². The number of nitrogens with zero attached hydrogens (tertiary/aromatic N) is 4. The predicted molar refractivity (Wildman–Crippen MR) is 118 cm³/mol. The Kier molecular flexibility index (Phi) is 5.87. The molecule has 0 radical (unpaired) electrons. The van der Waals surface area contributed by atoms with Gasteiger partial charge in [-0.15, -0.1) is 0 Å². The van der Waals surface area contributed by atoms with E-state index in [4.69, 9.17) is 25.8 Å². The molecule has 2 aliphatic rings. The molecule has 0 N–H and O–H groups in total. The molecule has 3 heterocycles. The van der Waals surface area contributed by atoms with Crippen molar-refractivity contribution in [3.05, 3.63) is 71.0 Å². The van der Waals surface area contributed by atoms with Gasteiger partial charge in [-0.05, 0) is 35.9 Å². The summed E-state index contributed by atoms with van der Waals surface area (Å²) < 4.78 is 18.1. The van der Waals surface area contributed by atoms with Crippen LogP contribution >= 0.6 is 11.6 Å². The minimum atomic E-state index is -0.0655. The molecule has 0 bridgehead atoms. The number of aromatic nitrogens is 2. The molecule has 2 aromatic carbocycles. The molecule has 0 saturated carbocycles. The molecule has 9 heteroatoms. The smallest absolute Gasteiger partial charge is 0.274 e. The summed E-state index contributed by atoms with van der Waals surface area (Å²) in [7, 11) is 0. The summed E-state index contributed by atoms with van der Waals surface area (Å²) >= 11 is 6.10. The molecule has 3 aromatic rings. The number of ether oxygens (including phenoxy) is 3. The number of hydrogen-bond acceptors (Lipinski definition) is 6. The Balaban J connectivity index is 1.12. The molecule has 1 aromatic heterocycles. The van der Waals surface area contributed by atoms with Crippen LogP contribution in [0, 0.1) is 0 Å². The van der Waals surface area contributed by atoms with E-state index in [0.717, 1.165) is 31.1 Å². The summed E-state index contributed by atoms with van der Waals surface area (Å²) in [5.74, 6) is 2.10. The van der Waals surface area contributed by atoms with Gasteiger partial charge < -0.3 is 19.1 Å². The number of amides is 1. The van der Waals surface area contributed by atoms with Crippen LogP contribution in [-0.4, -0.2) is 58.5 Å². The second-order valence-electron chi connectivity index (χ2n) is 7.70. The number of rotatable bonds is 6. The first-order chi connectivity index (χ1) is 15.7. The molecular formula is C23H23ClN4O4. The highest BCUT2D eigenvalue weighted by Crippen LogP contribution is 2.33. The number of carbonyl (C=O) groups excluding carboxylic acids is 1. The quantitative estimate of drug-likeness (QED) is 0.569. The van der Waals surface area contributed by atoms with Crippen molar-refractivity contribution in [2.24, 2.45) is 0 Å². The molecule has 32 heavy (non-hydrogen) atoms. The van der Waals surface area contributed by atoms with E-state index in [1.807, 2.05) is 29.2 Å². The van der Waals surface area contributed by atoms with Gasteiger partial charge in [0.25, 0.3) is 5.91 Å². The van der Waals surface area contributed by atoms with E-state index in [1.165, 1.54) is 5.56 Å². The first-order valence-corrected chi connectivity index (χ1v) is 10.8. The molecule has 0 spiro atoms. The first kappa shape index (κ1) is 20.7. The molecular weight excluding hydrogens is 432 g/mol. The Morgan fingerprint density at radius 3 is 2.69 bits per heavy atom. The molecule has 0 aliphatic carbocycles. The van der Waals surface area contributed by atoms with Crippen molar-refractivity contribution in [1.82, 2.24) is 19.6 Å². The zero-order chi connectivity index (χ0) is 21.9. The van der Waals surface area contributed by atoms with Crippen LogP contribution in [0.1, 0.15) is 16.1 Å². The van der Waals surface area contributed by atoms with Crippen LogP contribution in [-0.2, 0) is 13.3 Å². The Bertz CT molecular complexity index is 1110. The maximum atomic E-state index is 12.9. The fraction of sp³-hybridized carbons (Fsp3) is 0.304. The summed E-state index contributed by atoms with van der Waals surface area (Å²) in [6.07, 6.45) is 1.74. The second-order valence-corrected chi connectivity index (χ2v) is 8.11. The third kappa shape index (κ3) is 4.51. The summed E-state index contributed by atoms with van der Waals surface area (Å²) in [5.41, 5.74) is 1.59. The Morgan fingerprint density at radius 1 is 1.03 bits per heavy atom. The van der Waals surface area contributed by atoms with Gasteiger partial charge in [-0.25, -0.2) is 4.68 Å². The first-order valence-electron chi connectivity index (χ1n) is 10.5. The van der Waals surface area contributed by atoms with Crippen molar-refractivity contribution in [3.8, 4) is 17.2 Å². The molecule has 0 unspecified atom stereocenters. The van der Waals surface area contributed by atoms with Gasteiger partial charge >= 0.3 is 0 Å². The van der Waals surface area contributed by atoms with E-state index < -0.39 is 0 Å². The number of carbonyl (C=O) groups is 1. The zero-order valence-electron chi connectivity index (χ0n) is 17.4. The van der Waals surface area contributed by atoms with Crippen molar-refractivity contribution >= 4 is 17.5 Å². The van der Waals surface area contributed by atoms with Crippen LogP contribution in [0.5, 0.6) is 17.2 Å². The number of halogens is 1. The molecule has 166 valence electrons. The maximum Gasteiger partial charge on any atom is 0.274 e.